The summed E-state index contributed by atoms with van der Waals surface area (Å²) in [5.74, 6) is 0. The zero-order valence-corrected chi connectivity index (χ0v) is 28.1. The van der Waals surface area contributed by atoms with Gasteiger partial charge in [0.15, 0.2) is 0 Å². The number of hydrogen-bond donors (Lipinski definition) is 0. The quantitative estimate of drug-likeness (QED) is 0.167. The van der Waals surface area contributed by atoms with Crippen LogP contribution in [0.1, 0.15) is 0 Å². The fraction of sp³-hybridized carbons (Fsp3) is 0. The van der Waals surface area contributed by atoms with E-state index < -0.39 is 0 Å². The van der Waals surface area contributed by atoms with Crippen molar-refractivity contribution < 1.29 is 0 Å². The minimum Gasteiger partial charge on any atom is -0.310 e. The topological polar surface area (TPSA) is 3.24 Å². The van der Waals surface area contributed by atoms with Crippen LogP contribution in [-0.4, -0.2) is 0 Å². The number of nitrogens with zero attached hydrogens (tertiary/aromatic N) is 1. The zero-order chi connectivity index (χ0) is 33.0. The predicted octanol–water partition coefficient (Wildman–Crippen LogP) is 14.3. The molecule has 0 N–H and O–H groups in total. The van der Waals surface area contributed by atoms with Gasteiger partial charge in [-0.15, -0.1) is 11.3 Å². The second-order valence-electron chi connectivity index (χ2n) is 13.0. The molecule has 0 spiro atoms. The first-order valence-corrected chi connectivity index (χ1v) is 17.9. The molecule has 0 aliphatic rings. The van der Waals surface area contributed by atoms with E-state index in [9.17, 15) is 0 Å². The van der Waals surface area contributed by atoms with Crippen LogP contribution in [-0.2, 0) is 0 Å². The highest BCUT2D eigenvalue weighted by molar-refractivity contribution is 7.25. The van der Waals surface area contributed by atoms with Crippen LogP contribution >= 0.6 is 11.3 Å². The SMILES string of the molecule is c1ccc(-c2cc(-c3ccc4c(ccc5ccc6cc7c(cc6c54)sc4ccccc47)c3)cc(N(c3ccccc3)c3ccccc3)c2)cc1. The third-order valence-electron chi connectivity index (χ3n) is 9.96. The van der Waals surface area contributed by atoms with Gasteiger partial charge in [-0.2, -0.15) is 0 Å². The van der Waals surface area contributed by atoms with Gasteiger partial charge in [0, 0.05) is 37.2 Å². The molecular formula is C48H31NS. The van der Waals surface area contributed by atoms with Crippen molar-refractivity contribution in [1.82, 2.24) is 0 Å². The molecule has 234 valence electrons. The Morgan fingerprint density at radius 3 is 1.62 bits per heavy atom. The summed E-state index contributed by atoms with van der Waals surface area (Å²) < 4.78 is 2.68. The van der Waals surface area contributed by atoms with Gasteiger partial charge >= 0.3 is 0 Å². The molecule has 2 heteroatoms. The molecule has 0 aliphatic heterocycles. The molecule has 0 radical (unpaired) electrons. The Bertz CT molecular complexity index is 2820. The largest absolute Gasteiger partial charge is 0.310 e. The van der Waals surface area contributed by atoms with Crippen molar-refractivity contribution in [3.8, 4) is 22.3 Å². The third-order valence-corrected chi connectivity index (χ3v) is 11.1. The molecular weight excluding hydrogens is 623 g/mol. The molecule has 0 saturated heterocycles. The van der Waals surface area contributed by atoms with Gasteiger partial charge < -0.3 is 4.90 Å². The van der Waals surface area contributed by atoms with E-state index in [1.165, 1.54) is 74.7 Å². The number of hydrogen-bond acceptors (Lipinski definition) is 2. The first-order valence-electron chi connectivity index (χ1n) is 17.1. The molecule has 1 heterocycles. The number of para-hydroxylation sites is 2. The summed E-state index contributed by atoms with van der Waals surface area (Å²) in [6, 6.07) is 68.7. The third kappa shape index (κ3) is 4.84. The minimum atomic E-state index is 1.12. The van der Waals surface area contributed by atoms with E-state index in [-0.39, 0.29) is 0 Å². The molecule has 10 aromatic rings. The summed E-state index contributed by atoms with van der Waals surface area (Å²) in [5.41, 5.74) is 8.14. The fourth-order valence-corrected chi connectivity index (χ4v) is 8.72. The van der Waals surface area contributed by atoms with Crippen molar-refractivity contribution in [2.75, 3.05) is 4.90 Å². The van der Waals surface area contributed by atoms with Gasteiger partial charge in [0.25, 0.3) is 0 Å². The molecule has 0 fully saturated rings. The second kappa shape index (κ2) is 11.7. The van der Waals surface area contributed by atoms with Gasteiger partial charge in [0.05, 0.1) is 0 Å². The summed E-state index contributed by atoms with van der Waals surface area (Å²) in [7, 11) is 0. The number of benzene rings is 9. The lowest BCUT2D eigenvalue weighted by atomic mass is 9.92. The van der Waals surface area contributed by atoms with E-state index in [1.807, 2.05) is 11.3 Å². The summed E-state index contributed by atoms with van der Waals surface area (Å²) >= 11 is 1.89. The molecule has 0 bridgehead atoms. The Hall–Kier alpha value is -6.22. The number of anilines is 3. The highest BCUT2D eigenvalue weighted by atomic mass is 32.1. The van der Waals surface area contributed by atoms with E-state index in [0.29, 0.717) is 0 Å². The first-order chi connectivity index (χ1) is 24.8. The van der Waals surface area contributed by atoms with Crippen LogP contribution in [0.5, 0.6) is 0 Å². The van der Waals surface area contributed by atoms with Crippen LogP contribution in [0.2, 0.25) is 0 Å². The average molecular weight is 654 g/mol. The van der Waals surface area contributed by atoms with Gasteiger partial charge in [-0.25, -0.2) is 0 Å². The van der Waals surface area contributed by atoms with Gasteiger partial charge in [-0.3, -0.25) is 0 Å². The lowest BCUT2D eigenvalue weighted by molar-refractivity contribution is 1.28. The van der Waals surface area contributed by atoms with Gasteiger partial charge in [0.1, 0.15) is 0 Å². The van der Waals surface area contributed by atoms with E-state index in [1.54, 1.807) is 0 Å². The van der Waals surface area contributed by atoms with Crippen molar-refractivity contribution in [2.45, 2.75) is 0 Å². The number of thiophene rings is 1. The van der Waals surface area contributed by atoms with Crippen molar-refractivity contribution in [1.29, 1.82) is 0 Å². The smallest absolute Gasteiger partial charge is 0.0473 e. The average Bonchev–Trinajstić information content (AvgIpc) is 3.55. The maximum Gasteiger partial charge on any atom is 0.0473 e. The van der Waals surface area contributed by atoms with Crippen molar-refractivity contribution in [3.05, 3.63) is 188 Å². The van der Waals surface area contributed by atoms with Crippen molar-refractivity contribution >= 4 is 80.9 Å². The highest BCUT2D eigenvalue weighted by Gasteiger charge is 2.16. The predicted molar refractivity (Wildman–Crippen MR) is 217 cm³/mol. The standard InChI is InChI=1S/C48H31NS/c1-4-12-32(13-5-1)37-27-38(29-41(28-37)49(39-14-6-2-7-15-39)40-16-8-3-9-17-40)34-24-25-42-35(26-34)22-20-33-21-23-36-30-45-43-18-10-11-19-46(43)50-47(45)31-44(36)48(33)42/h1-31H. The van der Waals surface area contributed by atoms with Crippen molar-refractivity contribution in [2.24, 2.45) is 0 Å². The molecule has 1 aromatic heterocycles. The summed E-state index contributed by atoms with van der Waals surface area (Å²) in [6.45, 7) is 0. The van der Waals surface area contributed by atoms with E-state index >= 15 is 0 Å². The van der Waals surface area contributed by atoms with Crippen molar-refractivity contribution in [3.63, 3.8) is 0 Å². The lowest BCUT2D eigenvalue weighted by Crippen LogP contribution is -2.10. The van der Waals surface area contributed by atoms with Gasteiger partial charge in [-0.05, 0) is 121 Å². The molecule has 10 rings (SSSR count). The Morgan fingerprint density at radius 1 is 0.300 bits per heavy atom. The van der Waals surface area contributed by atoms with Crippen LogP contribution in [0.15, 0.2) is 188 Å². The molecule has 0 unspecified atom stereocenters. The van der Waals surface area contributed by atoms with Crippen LogP contribution in [0.25, 0.3) is 74.7 Å². The normalized spacial score (nSPS) is 11.6. The maximum absolute atomic E-state index is 2.42. The zero-order valence-electron chi connectivity index (χ0n) is 27.3. The van der Waals surface area contributed by atoms with Crippen LogP contribution in [0.3, 0.4) is 0 Å². The number of fused-ring (bicyclic) bond motifs is 8. The van der Waals surface area contributed by atoms with E-state index in [2.05, 4.69) is 193 Å². The molecule has 0 amide bonds. The fourth-order valence-electron chi connectivity index (χ4n) is 7.59. The lowest BCUT2D eigenvalue weighted by Gasteiger charge is -2.27. The Balaban J connectivity index is 1.18. The molecule has 50 heavy (non-hydrogen) atoms. The van der Waals surface area contributed by atoms with Gasteiger partial charge in [0.2, 0.25) is 0 Å². The molecule has 0 atom stereocenters. The Kier molecular flexibility index (Phi) is 6.75. The number of rotatable bonds is 5. The summed E-state index contributed by atoms with van der Waals surface area (Å²) in [4.78, 5) is 2.35. The van der Waals surface area contributed by atoms with Gasteiger partial charge in [-0.1, -0.05) is 121 Å². The maximum atomic E-state index is 2.42. The molecule has 9 aromatic carbocycles. The summed E-state index contributed by atoms with van der Waals surface area (Å²) in [5, 5.41) is 10.4. The highest BCUT2D eigenvalue weighted by Crippen LogP contribution is 2.42. The molecule has 0 aliphatic carbocycles. The van der Waals surface area contributed by atoms with E-state index in [0.717, 1.165) is 17.1 Å². The van der Waals surface area contributed by atoms with Crippen LogP contribution in [0.4, 0.5) is 17.1 Å². The second-order valence-corrected chi connectivity index (χ2v) is 14.1. The molecule has 0 saturated carbocycles. The first kappa shape index (κ1) is 28.8. The molecule has 1 nitrogen and oxygen atoms in total. The summed E-state index contributed by atoms with van der Waals surface area (Å²) in [6.07, 6.45) is 0. The minimum absolute atomic E-state index is 1.12. The van der Waals surface area contributed by atoms with Crippen LogP contribution < -0.4 is 4.90 Å². The Labute approximate surface area is 294 Å². The van der Waals surface area contributed by atoms with E-state index in [4.69, 9.17) is 0 Å². The van der Waals surface area contributed by atoms with Crippen LogP contribution in [0, 0.1) is 0 Å². The Morgan fingerprint density at radius 2 is 0.900 bits per heavy atom. The monoisotopic (exact) mass is 653 g/mol.